The van der Waals surface area contributed by atoms with Gasteiger partial charge in [0.1, 0.15) is 5.50 Å². The zero-order valence-electron chi connectivity index (χ0n) is 8.59. The van der Waals surface area contributed by atoms with Crippen LogP contribution in [-0.2, 0) is 6.54 Å². The zero-order chi connectivity index (χ0) is 11.9. The van der Waals surface area contributed by atoms with Gasteiger partial charge >= 0.3 is 5.69 Å². The van der Waals surface area contributed by atoms with Crippen LogP contribution in [0.5, 0.6) is 0 Å². The number of nitro groups is 1. The number of fused-ring (bicyclic) bond motifs is 1. The summed E-state index contributed by atoms with van der Waals surface area (Å²) in [5.74, 6) is 0.306. The van der Waals surface area contributed by atoms with Crippen LogP contribution in [0.2, 0.25) is 0 Å². The molecule has 1 aliphatic rings. The predicted molar refractivity (Wildman–Crippen MR) is 60.0 cm³/mol. The molecule has 0 amide bonds. The fraction of sp³-hybridized carbons (Fsp3) is 0.444. The first-order valence-electron chi connectivity index (χ1n) is 4.81. The Labute approximate surface area is 96.2 Å². The van der Waals surface area contributed by atoms with Crippen LogP contribution in [0.1, 0.15) is 6.92 Å². The van der Waals surface area contributed by atoms with Crippen molar-refractivity contribution in [3.63, 3.8) is 0 Å². The Morgan fingerprint density at radius 3 is 2.75 bits per heavy atom. The van der Waals surface area contributed by atoms with Crippen LogP contribution >= 0.6 is 11.6 Å². The molecule has 1 aliphatic heterocycles. The van der Waals surface area contributed by atoms with E-state index in [2.05, 4.69) is 0 Å². The average molecular weight is 244 g/mol. The number of hydrogen-bond acceptors (Lipinski definition) is 4. The highest BCUT2D eigenvalue weighted by molar-refractivity contribution is 6.21. The second kappa shape index (κ2) is 3.79. The monoisotopic (exact) mass is 243 g/mol. The lowest BCUT2D eigenvalue weighted by Crippen LogP contribution is -2.27. The quantitative estimate of drug-likeness (QED) is 0.338. The van der Waals surface area contributed by atoms with Gasteiger partial charge in [0.2, 0.25) is 0 Å². The van der Waals surface area contributed by atoms with Gasteiger partial charge in [0.25, 0.3) is 5.56 Å². The van der Waals surface area contributed by atoms with Crippen molar-refractivity contribution in [2.75, 3.05) is 11.4 Å². The van der Waals surface area contributed by atoms with E-state index in [1.807, 2.05) is 0 Å². The van der Waals surface area contributed by atoms with E-state index in [1.165, 1.54) is 16.7 Å². The van der Waals surface area contributed by atoms with E-state index in [1.54, 1.807) is 11.8 Å². The van der Waals surface area contributed by atoms with Crippen LogP contribution in [0.3, 0.4) is 0 Å². The normalized spacial score (nSPS) is 16.0. The summed E-state index contributed by atoms with van der Waals surface area (Å²) in [6.45, 7) is 2.68. The molecule has 0 spiro atoms. The number of hydrogen-bond donors (Lipinski definition) is 0. The van der Waals surface area contributed by atoms with Crippen molar-refractivity contribution in [2.45, 2.75) is 19.0 Å². The minimum Gasteiger partial charge on any atom is -0.334 e. The van der Waals surface area contributed by atoms with Gasteiger partial charge in [0.15, 0.2) is 5.82 Å². The lowest BCUT2D eigenvalue weighted by molar-refractivity contribution is -0.384. The van der Waals surface area contributed by atoms with Gasteiger partial charge in [-0.25, -0.2) is 0 Å². The Hall–Kier alpha value is -1.56. The van der Waals surface area contributed by atoms with Gasteiger partial charge in [-0.3, -0.25) is 19.5 Å². The first kappa shape index (κ1) is 10.9. The number of nitrogens with zero attached hydrogens (tertiary/aromatic N) is 3. The lowest BCUT2D eigenvalue weighted by atomic mass is 10.3. The van der Waals surface area contributed by atoms with Crippen molar-refractivity contribution in [2.24, 2.45) is 0 Å². The third-order valence-electron chi connectivity index (χ3n) is 2.60. The third kappa shape index (κ3) is 1.55. The molecule has 1 aromatic heterocycles. The largest absolute Gasteiger partial charge is 0.334 e. The molecule has 0 aromatic carbocycles. The van der Waals surface area contributed by atoms with Crippen LogP contribution < -0.4 is 10.5 Å². The molecule has 16 heavy (non-hydrogen) atoms. The fourth-order valence-electron chi connectivity index (χ4n) is 1.88. The Bertz CT molecular complexity index is 497. The number of pyridine rings is 1. The fourth-order valence-corrected chi connectivity index (χ4v) is 2.07. The Morgan fingerprint density at radius 2 is 2.19 bits per heavy atom. The van der Waals surface area contributed by atoms with E-state index in [0.29, 0.717) is 18.9 Å². The van der Waals surface area contributed by atoms with Gasteiger partial charge in [0.05, 0.1) is 4.92 Å². The standard InChI is InChI=1S/C9H10ClN3O3/c1-6(10)11-4-5-12-8(14)3-2-7(9(11)12)13(15)16/h2-3,6H,4-5H2,1H3. The zero-order valence-corrected chi connectivity index (χ0v) is 9.35. The van der Waals surface area contributed by atoms with Gasteiger partial charge in [-0.1, -0.05) is 11.6 Å². The number of anilines is 1. The summed E-state index contributed by atoms with van der Waals surface area (Å²) < 4.78 is 1.39. The molecule has 1 aromatic rings. The molecular formula is C9H10ClN3O3. The van der Waals surface area contributed by atoms with E-state index < -0.39 is 4.92 Å². The lowest BCUT2D eigenvalue weighted by Gasteiger charge is -2.20. The summed E-state index contributed by atoms with van der Waals surface area (Å²) in [6, 6.07) is 2.44. The molecule has 0 saturated heterocycles. The van der Waals surface area contributed by atoms with Crippen LogP contribution in [-0.4, -0.2) is 21.5 Å². The van der Waals surface area contributed by atoms with Crippen LogP contribution in [0.4, 0.5) is 11.5 Å². The molecule has 1 atom stereocenters. The van der Waals surface area contributed by atoms with Crippen molar-refractivity contribution in [1.29, 1.82) is 0 Å². The smallest absolute Gasteiger partial charge is 0.310 e. The van der Waals surface area contributed by atoms with Gasteiger partial charge in [-0.05, 0) is 6.92 Å². The topological polar surface area (TPSA) is 68.4 Å². The molecule has 0 fully saturated rings. The van der Waals surface area contributed by atoms with Crippen molar-refractivity contribution >= 4 is 23.1 Å². The van der Waals surface area contributed by atoms with E-state index >= 15 is 0 Å². The summed E-state index contributed by atoms with van der Waals surface area (Å²) in [4.78, 5) is 23.5. The number of rotatable bonds is 2. The molecule has 2 heterocycles. The summed E-state index contributed by atoms with van der Waals surface area (Å²) in [5, 5.41) is 10.9. The molecule has 1 unspecified atom stereocenters. The van der Waals surface area contributed by atoms with E-state index in [9.17, 15) is 14.9 Å². The highest BCUT2D eigenvalue weighted by Gasteiger charge is 2.31. The maximum atomic E-state index is 11.5. The average Bonchev–Trinajstić information content (AvgIpc) is 2.62. The van der Waals surface area contributed by atoms with E-state index in [0.717, 1.165) is 0 Å². The second-order valence-corrected chi connectivity index (χ2v) is 4.19. The van der Waals surface area contributed by atoms with Crippen molar-refractivity contribution in [1.82, 2.24) is 4.57 Å². The first-order valence-corrected chi connectivity index (χ1v) is 5.25. The number of alkyl halides is 1. The summed E-state index contributed by atoms with van der Waals surface area (Å²) in [5.41, 5.74) is -0.695. The maximum Gasteiger partial charge on any atom is 0.310 e. The van der Waals surface area contributed by atoms with Crippen molar-refractivity contribution in [3.05, 3.63) is 32.6 Å². The molecule has 0 saturated carbocycles. The first-order chi connectivity index (χ1) is 7.52. The SMILES string of the molecule is CC(Cl)N1CCn2c1c([N+](=O)[O-])ccc2=O. The van der Waals surface area contributed by atoms with Crippen LogP contribution in [0.25, 0.3) is 0 Å². The molecule has 2 rings (SSSR count). The summed E-state index contributed by atoms with van der Waals surface area (Å²) in [6.07, 6.45) is 0. The molecule has 0 radical (unpaired) electrons. The van der Waals surface area contributed by atoms with Crippen LogP contribution in [0, 0.1) is 10.1 Å². The van der Waals surface area contributed by atoms with Gasteiger partial charge in [-0.15, -0.1) is 0 Å². The van der Waals surface area contributed by atoms with Gasteiger partial charge < -0.3 is 4.90 Å². The third-order valence-corrected chi connectivity index (χ3v) is 2.83. The summed E-state index contributed by atoms with van der Waals surface area (Å²) >= 11 is 5.93. The molecule has 0 bridgehead atoms. The van der Waals surface area contributed by atoms with Crippen molar-refractivity contribution in [3.8, 4) is 0 Å². The molecule has 0 aliphatic carbocycles. The molecule has 7 heteroatoms. The number of halogens is 1. The predicted octanol–water partition coefficient (Wildman–Crippen LogP) is 1.16. The molecule has 0 N–H and O–H groups in total. The van der Waals surface area contributed by atoms with Gasteiger partial charge in [-0.2, -0.15) is 0 Å². The minimum atomic E-state index is -0.497. The Morgan fingerprint density at radius 1 is 1.50 bits per heavy atom. The minimum absolute atomic E-state index is 0.0791. The van der Waals surface area contributed by atoms with Gasteiger partial charge in [0, 0.05) is 25.2 Å². The second-order valence-electron chi connectivity index (χ2n) is 3.56. The van der Waals surface area contributed by atoms with E-state index in [4.69, 9.17) is 11.6 Å². The maximum absolute atomic E-state index is 11.5. The van der Waals surface area contributed by atoms with E-state index in [-0.39, 0.29) is 16.7 Å². The van der Waals surface area contributed by atoms with Crippen LogP contribution in [0.15, 0.2) is 16.9 Å². The molecular weight excluding hydrogens is 234 g/mol. The summed E-state index contributed by atoms with van der Waals surface area (Å²) in [7, 11) is 0. The highest BCUT2D eigenvalue weighted by atomic mass is 35.5. The Balaban J connectivity index is 2.65. The number of aromatic nitrogens is 1. The van der Waals surface area contributed by atoms with Crippen molar-refractivity contribution < 1.29 is 4.92 Å². The Kier molecular flexibility index (Phi) is 2.59. The molecule has 6 nitrogen and oxygen atoms in total. The molecule has 86 valence electrons. The highest BCUT2D eigenvalue weighted by Crippen LogP contribution is 2.32.